The van der Waals surface area contributed by atoms with Crippen LogP contribution in [-0.4, -0.2) is 38.0 Å². The lowest BCUT2D eigenvalue weighted by atomic mass is 9.98. The molecule has 1 aliphatic heterocycles. The zero-order valence-corrected chi connectivity index (χ0v) is 21.7. The Hall–Kier alpha value is -4.36. The standard InChI is InChI=1S/C32H28FN3O3/c1-19(2)30-26(16-15-23-17-22(37)18-29(38)39-23)31(20-11-13-21(33)14-12-20)36(35-30)32-24-7-3-5-9-27(24)34-28-10-6-4-8-25(28)32/h3-16,19,22-23,37H,17-18H2,1-2H3/b16-15+. The van der Waals surface area contributed by atoms with Gasteiger partial charge >= 0.3 is 5.97 Å². The molecule has 0 bridgehead atoms. The van der Waals surface area contributed by atoms with E-state index >= 15 is 0 Å². The van der Waals surface area contributed by atoms with E-state index in [2.05, 4.69) is 13.8 Å². The number of aliphatic hydroxyl groups is 1. The number of esters is 1. The van der Waals surface area contributed by atoms with Gasteiger partial charge in [-0.3, -0.25) is 4.79 Å². The van der Waals surface area contributed by atoms with Crippen molar-refractivity contribution >= 4 is 33.9 Å². The van der Waals surface area contributed by atoms with Crippen molar-refractivity contribution in [3.8, 4) is 16.9 Å². The molecule has 0 amide bonds. The number of hydrogen-bond donors (Lipinski definition) is 1. The zero-order valence-electron chi connectivity index (χ0n) is 21.7. The number of benzene rings is 3. The summed E-state index contributed by atoms with van der Waals surface area (Å²) in [5.41, 5.74) is 5.85. The molecule has 1 N–H and O–H groups in total. The molecular formula is C32H28FN3O3. The van der Waals surface area contributed by atoms with E-state index in [0.29, 0.717) is 6.42 Å². The maximum atomic E-state index is 14.0. The maximum absolute atomic E-state index is 14.0. The normalized spacial score (nSPS) is 17.9. The summed E-state index contributed by atoms with van der Waals surface area (Å²) in [5, 5.41) is 17.2. The first kappa shape index (κ1) is 24.9. The topological polar surface area (TPSA) is 77.2 Å². The van der Waals surface area contributed by atoms with Gasteiger partial charge in [0.25, 0.3) is 0 Å². The number of fused-ring (bicyclic) bond motifs is 2. The molecule has 0 radical (unpaired) electrons. The van der Waals surface area contributed by atoms with E-state index in [1.165, 1.54) is 12.1 Å². The number of pyridine rings is 1. The Morgan fingerprint density at radius 1 is 1.00 bits per heavy atom. The smallest absolute Gasteiger partial charge is 0.309 e. The van der Waals surface area contributed by atoms with Crippen molar-refractivity contribution in [3.05, 3.63) is 95.9 Å². The van der Waals surface area contributed by atoms with Crippen LogP contribution in [0, 0.1) is 5.82 Å². The third-order valence-corrected chi connectivity index (χ3v) is 7.05. The summed E-state index contributed by atoms with van der Waals surface area (Å²) >= 11 is 0. The minimum Gasteiger partial charge on any atom is -0.458 e. The van der Waals surface area contributed by atoms with Crippen LogP contribution >= 0.6 is 0 Å². The zero-order chi connectivity index (χ0) is 27.1. The monoisotopic (exact) mass is 521 g/mol. The van der Waals surface area contributed by atoms with Crippen LogP contribution < -0.4 is 0 Å². The highest BCUT2D eigenvalue weighted by molar-refractivity contribution is 6.03. The molecule has 3 heterocycles. The SMILES string of the molecule is CC(C)c1nn(-c2c3ccccc3nc3ccccc23)c(-c2ccc(F)cc2)c1/C=C/C1CC(O)CC(=O)O1. The van der Waals surface area contributed by atoms with Gasteiger partial charge in [0.2, 0.25) is 0 Å². The van der Waals surface area contributed by atoms with Gasteiger partial charge < -0.3 is 9.84 Å². The van der Waals surface area contributed by atoms with Crippen molar-refractivity contribution in [2.75, 3.05) is 0 Å². The van der Waals surface area contributed by atoms with E-state index in [9.17, 15) is 14.3 Å². The quantitative estimate of drug-likeness (QED) is 0.209. The molecule has 7 heteroatoms. The summed E-state index contributed by atoms with van der Waals surface area (Å²) in [5.74, 6) is -0.686. The molecule has 1 fully saturated rings. The van der Waals surface area contributed by atoms with E-state index < -0.39 is 18.2 Å². The number of carbonyl (C=O) groups excluding carboxylic acids is 1. The average molecular weight is 522 g/mol. The molecule has 0 spiro atoms. The molecular weight excluding hydrogens is 493 g/mol. The average Bonchev–Trinajstić information content (AvgIpc) is 3.29. The second kappa shape index (κ2) is 10.1. The predicted molar refractivity (Wildman–Crippen MR) is 150 cm³/mol. The van der Waals surface area contributed by atoms with Gasteiger partial charge in [-0.1, -0.05) is 56.3 Å². The highest BCUT2D eigenvalue weighted by Crippen LogP contribution is 2.38. The Balaban J connectivity index is 1.65. The Labute approximate surface area is 225 Å². The van der Waals surface area contributed by atoms with Crippen molar-refractivity contribution in [1.82, 2.24) is 14.8 Å². The molecule has 6 nitrogen and oxygen atoms in total. The van der Waals surface area contributed by atoms with Gasteiger partial charge in [-0.2, -0.15) is 5.10 Å². The largest absolute Gasteiger partial charge is 0.458 e. The van der Waals surface area contributed by atoms with Crippen molar-refractivity contribution < 1.29 is 19.0 Å². The molecule has 0 saturated carbocycles. The van der Waals surface area contributed by atoms with Gasteiger partial charge in [0, 0.05) is 28.3 Å². The number of rotatable bonds is 5. The number of cyclic esters (lactones) is 1. The number of hydrogen-bond acceptors (Lipinski definition) is 5. The number of aromatic nitrogens is 3. The molecule has 3 aromatic carbocycles. The molecule has 5 aromatic rings. The van der Waals surface area contributed by atoms with Gasteiger partial charge in [0.05, 0.1) is 40.6 Å². The van der Waals surface area contributed by atoms with Gasteiger partial charge in [0.1, 0.15) is 11.9 Å². The van der Waals surface area contributed by atoms with Crippen LogP contribution in [0.1, 0.15) is 43.9 Å². The van der Waals surface area contributed by atoms with Crippen LogP contribution in [0.3, 0.4) is 0 Å². The fraction of sp³-hybridized carbons (Fsp3) is 0.219. The molecule has 1 aliphatic rings. The number of ether oxygens (including phenoxy) is 1. The Kier molecular flexibility index (Phi) is 6.45. The van der Waals surface area contributed by atoms with Gasteiger partial charge in [-0.25, -0.2) is 14.1 Å². The Morgan fingerprint density at radius 2 is 1.64 bits per heavy atom. The minimum atomic E-state index is -0.737. The van der Waals surface area contributed by atoms with Crippen LogP contribution in [0.2, 0.25) is 0 Å². The summed E-state index contributed by atoms with van der Waals surface area (Å²) in [6, 6.07) is 22.3. The van der Waals surface area contributed by atoms with Crippen molar-refractivity contribution in [2.45, 2.75) is 44.8 Å². The molecule has 2 unspecified atom stereocenters. The summed E-state index contributed by atoms with van der Waals surface area (Å²) in [4.78, 5) is 16.8. The lowest BCUT2D eigenvalue weighted by molar-refractivity contribution is -0.156. The molecule has 2 aromatic heterocycles. The van der Waals surface area contributed by atoms with Gasteiger partial charge in [-0.05, 0) is 48.4 Å². The highest BCUT2D eigenvalue weighted by atomic mass is 19.1. The third kappa shape index (κ3) is 4.70. The summed E-state index contributed by atoms with van der Waals surface area (Å²) < 4.78 is 21.4. The minimum absolute atomic E-state index is 0.00252. The Bertz CT molecular complexity index is 1670. The lowest BCUT2D eigenvalue weighted by Crippen LogP contribution is -2.31. The highest BCUT2D eigenvalue weighted by Gasteiger charge is 2.27. The summed E-state index contributed by atoms with van der Waals surface area (Å²) in [6.45, 7) is 4.15. The molecule has 1 saturated heterocycles. The summed E-state index contributed by atoms with van der Waals surface area (Å²) in [6.07, 6.45) is 2.77. The molecule has 2 atom stereocenters. The number of nitrogens with zero attached hydrogens (tertiary/aromatic N) is 3. The Morgan fingerprint density at radius 3 is 2.26 bits per heavy atom. The first-order chi connectivity index (χ1) is 18.9. The van der Waals surface area contributed by atoms with Crippen molar-refractivity contribution in [1.29, 1.82) is 0 Å². The van der Waals surface area contributed by atoms with Gasteiger partial charge in [0.15, 0.2) is 0 Å². The van der Waals surface area contributed by atoms with Crippen molar-refractivity contribution in [3.63, 3.8) is 0 Å². The van der Waals surface area contributed by atoms with Gasteiger partial charge in [-0.15, -0.1) is 0 Å². The van der Waals surface area contributed by atoms with Crippen LogP contribution in [0.15, 0.2) is 78.9 Å². The van der Waals surface area contributed by atoms with E-state index in [0.717, 1.165) is 50.0 Å². The molecule has 39 heavy (non-hydrogen) atoms. The maximum Gasteiger partial charge on any atom is 0.309 e. The fourth-order valence-electron chi connectivity index (χ4n) is 5.26. The van der Waals surface area contributed by atoms with Crippen LogP contribution in [-0.2, 0) is 9.53 Å². The first-order valence-electron chi connectivity index (χ1n) is 13.1. The van der Waals surface area contributed by atoms with E-state index in [-0.39, 0.29) is 18.2 Å². The summed E-state index contributed by atoms with van der Waals surface area (Å²) in [7, 11) is 0. The van der Waals surface area contributed by atoms with E-state index in [1.54, 1.807) is 12.1 Å². The van der Waals surface area contributed by atoms with Crippen LogP contribution in [0.4, 0.5) is 4.39 Å². The number of aliphatic hydroxyl groups excluding tert-OH is 1. The fourth-order valence-corrected chi connectivity index (χ4v) is 5.26. The molecule has 0 aliphatic carbocycles. The van der Waals surface area contributed by atoms with E-state index in [4.69, 9.17) is 14.8 Å². The van der Waals surface area contributed by atoms with E-state index in [1.807, 2.05) is 65.4 Å². The predicted octanol–water partition coefficient (Wildman–Crippen LogP) is 6.58. The van der Waals surface area contributed by atoms with Crippen molar-refractivity contribution in [2.24, 2.45) is 0 Å². The number of carbonyl (C=O) groups is 1. The second-order valence-corrected chi connectivity index (χ2v) is 10.2. The first-order valence-corrected chi connectivity index (χ1v) is 13.1. The second-order valence-electron chi connectivity index (χ2n) is 10.2. The number of para-hydroxylation sites is 2. The number of halogens is 1. The lowest BCUT2D eigenvalue weighted by Gasteiger charge is -2.23. The van der Waals surface area contributed by atoms with Crippen LogP contribution in [0.25, 0.3) is 44.8 Å². The third-order valence-electron chi connectivity index (χ3n) is 7.05. The molecule has 196 valence electrons. The van der Waals surface area contributed by atoms with Crippen LogP contribution in [0.5, 0.6) is 0 Å². The molecule has 6 rings (SSSR count).